The van der Waals surface area contributed by atoms with Crippen molar-refractivity contribution in [3.8, 4) is 0 Å². The fourth-order valence-corrected chi connectivity index (χ4v) is 1.74. The highest BCUT2D eigenvalue weighted by molar-refractivity contribution is 5.81. The van der Waals surface area contributed by atoms with E-state index in [1.165, 1.54) is 5.56 Å². The maximum atomic E-state index is 11.4. The lowest BCUT2D eigenvalue weighted by Crippen LogP contribution is -2.14. The zero-order chi connectivity index (χ0) is 11.0. The highest BCUT2D eigenvalue weighted by atomic mass is 16.1. The molecule has 0 aliphatic carbocycles. The Labute approximate surface area is 88.4 Å². The van der Waals surface area contributed by atoms with Gasteiger partial charge in [-0.3, -0.25) is 9.78 Å². The lowest BCUT2D eigenvalue weighted by Gasteiger charge is -2.09. The van der Waals surface area contributed by atoms with Crippen LogP contribution < -0.4 is 5.56 Å². The number of aromatic nitrogens is 2. The quantitative estimate of drug-likeness (QED) is 0.709. The summed E-state index contributed by atoms with van der Waals surface area (Å²) in [5.41, 5.74) is 2.00. The van der Waals surface area contributed by atoms with Gasteiger partial charge in [-0.05, 0) is 17.5 Å². The summed E-state index contributed by atoms with van der Waals surface area (Å²) in [4.78, 5) is 15.6. The largest absolute Gasteiger partial charge is 0.318 e. The van der Waals surface area contributed by atoms with Crippen molar-refractivity contribution >= 4 is 10.9 Å². The van der Waals surface area contributed by atoms with Gasteiger partial charge >= 0.3 is 0 Å². The fourth-order valence-electron chi connectivity index (χ4n) is 1.74. The van der Waals surface area contributed by atoms with Crippen molar-refractivity contribution in [2.45, 2.75) is 19.8 Å². The van der Waals surface area contributed by atoms with Gasteiger partial charge in [0.25, 0.3) is 5.56 Å². The molecule has 0 amide bonds. The lowest BCUT2D eigenvalue weighted by atomic mass is 10.0. The van der Waals surface area contributed by atoms with Gasteiger partial charge in [-0.15, -0.1) is 0 Å². The Morgan fingerprint density at radius 3 is 2.80 bits per heavy atom. The summed E-state index contributed by atoms with van der Waals surface area (Å²) in [5.74, 6) is 0.438. The van der Waals surface area contributed by atoms with Crippen molar-refractivity contribution in [1.29, 1.82) is 0 Å². The molecule has 2 aromatic rings. The van der Waals surface area contributed by atoms with Crippen molar-refractivity contribution in [3.05, 3.63) is 40.4 Å². The minimum absolute atomic E-state index is 0.0177. The van der Waals surface area contributed by atoms with Gasteiger partial charge in [-0.25, -0.2) is 0 Å². The Kier molecular flexibility index (Phi) is 2.31. The molecule has 0 saturated heterocycles. The highest BCUT2D eigenvalue weighted by Crippen LogP contribution is 2.22. The lowest BCUT2D eigenvalue weighted by molar-refractivity contribution is 0.850. The standard InChI is InChI=1S/C12H14N2O/c1-8(2)9-4-5-13-11-6-12(15)14(3)7-10(9)11/h4-8H,1-3H3. The zero-order valence-electron chi connectivity index (χ0n) is 9.19. The van der Waals surface area contributed by atoms with Gasteiger partial charge in [0.05, 0.1) is 5.52 Å². The van der Waals surface area contributed by atoms with Crippen molar-refractivity contribution in [1.82, 2.24) is 9.55 Å². The van der Waals surface area contributed by atoms with Gasteiger partial charge in [0, 0.05) is 30.9 Å². The Bertz CT molecular complexity index is 555. The summed E-state index contributed by atoms with van der Waals surface area (Å²) in [6, 6.07) is 3.60. The second kappa shape index (κ2) is 3.50. The van der Waals surface area contributed by atoms with E-state index >= 15 is 0 Å². The molecule has 0 aliphatic rings. The van der Waals surface area contributed by atoms with E-state index in [-0.39, 0.29) is 5.56 Å². The summed E-state index contributed by atoms with van der Waals surface area (Å²) >= 11 is 0. The Morgan fingerprint density at radius 1 is 1.40 bits per heavy atom. The molecule has 0 saturated carbocycles. The number of nitrogens with zero attached hydrogens (tertiary/aromatic N) is 2. The molecule has 78 valence electrons. The summed E-state index contributed by atoms with van der Waals surface area (Å²) in [5, 5.41) is 1.06. The van der Waals surface area contributed by atoms with E-state index in [0.717, 1.165) is 10.9 Å². The van der Waals surface area contributed by atoms with Crippen LogP contribution in [0.15, 0.2) is 29.3 Å². The summed E-state index contributed by atoms with van der Waals surface area (Å²) in [6.45, 7) is 4.28. The predicted molar refractivity (Wildman–Crippen MR) is 61.1 cm³/mol. The van der Waals surface area contributed by atoms with E-state index in [1.807, 2.05) is 12.3 Å². The van der Waals surface area contributed by atoms with Crippen molar-refractivity contribution in [2.75, 3.05) is 0 Å². The number of hydrogen-bond acceptors (Lipinski definition) is 2. The van der Waals surface area contributed by atoms with E-state index in [1.54, 1.807) is 23.9 Å². The third-order valence-corrected chi connectivity index (χ3v) is 2.61. The van der Waals surface area contributed by atoms with E-state index in [4.69, 9.17) is 0 Å². The number of rotatable bonds is 1. The fraction of sp³-hybridized carbons (Fsp3) is 0.333. The first-order chi connectivity index (χ1) is 7.09. The van der Waals surface area contributed by atoms with Gasteiger partial charge < -0.3 is 4.57 Å². The van der Waals surface area contributed by atoms with Crippen LogP contribution in [0.2, 0.25) is 0 Å². The maximum absolute atomic E-state index is 11.4. The number of aryl methyl sites for hydroxylation is 1. The molecule has 3 heteroatoms. The van der Waals surface area contributed by atoms with Crippen molar-refractivity contribution < 1.29 is 0 Å². The number of pyridine rings is 2. The second-order valence-electron chi connectivity index (χ2n) is 4.08. The normalized spacial score (nSPS) is 11.2. The molecule has 2 heterocycles. The van der Waals surface area contributed by atoms with Crippen LogP contribution in [-0.4, -0.2) is 9.55 Å². The van der Waals surface area contributed by atoms with E-state index < -0.39 is 0 Å². The monoisotopic (exact) mass is 202 g/mol. The average molecular weight is 202 g/mol. The molecule has 0 spiro atoms. The van der Waals surface area contributed by atoms with Gasteiger partial charge in [0.1, 0.15) is 0 Å². The Morgan fingerprint density at radius 2 is 2.13 bits per heavy atom. The van der Waals surface area contributed by atoms with Crippen LogP contribution >= 0.6 is 0 Å². The molecule has 0 N–H and O–H groups in total. The number of fused-ring (bicyclic) bond motifs is 1. The Hall–Kier alpha value is -1.64. The SMILES string of the molecule is CC(C)c1ccnc2cc(=O)n(C)cc12. The summed E-state index contributed by atoms with van der Waals surface area (Å²) in [6.07, 6.45) is 3.62. The topological polar surface area (TPSA) is 34.9 Å². The van der Waals surface area contributed by atoms with E-state index in [9.17, 15) is 4.79 Å². The molecular formula is C12H14N2O. The van der Waals surface area contributed by atoms with Crippen LogP contribution in [0, 0.1) is 0 Å². The van der Waals surface area contributed by atoms with Crippen molar-refractivity contribution in [3.63, 3.8) is 0 Å². The van der Waals surface area contributed by atoms with Crippen molar-refractivity contribution in [2.24, 2.45) is 7.05 Å². The number of hydrogen-bond donors (Lipinski definition) is 0. The third-order valence-electron chi connectivity index (χ3n) is 2.61. The Balaban J connectivity index is 2.86. The molecule has 0 aromatic carbocycles. The predicted octanol–water partition coefficient (Wildman–Crippen LogP) is 2.06. The summed E-state index contributed by atoms with van der Waals surface area (Å²) < 4.78 is 1.59. The van der Waals surface area contributed by atoms with Crippen LogP contribution in [-0.2, 0) is 7.05 Å². The molecule has 0 aliphatic heterocycles. The first kappa shape index (κ1) is 9.90. The molecule has 0 fully saturated rings. The van der Waals surface area contributed by atoms with Gasteiger partial charge in [-0.2, -0.15) is 0 Å². The minimum Gasteiger partial charge on any atom is -0.318 e. The molecular weight excluding hydrogens is 188 g/mol. The second-order valence-corrected chi connectivity index (χ2v) is 4.08. The molecule has 15 heavy (non-hydrogen) atoms. The van der Waals surface area contributed by atoms with Gasteiger partial charge in [0.2, 0.25) is 0 Å². The van der Waals surface area contributed by atoms with Crippen LogP contribution in [0.4, 0.5) is 0 Å². The molecule has 0 radical (unpaired) electrons. The van der Waals surface area contributed by atoms with E-state index in [2.05, 4.69) is 18.8 Å². The van der Waals surface area contributed by atoms with Crippen LogP contribution in [0.1, 0.15) is 25.3 Å². The third kappa shape index (κ3) is 1.65. The highest BCUT2D eigenvalue weighted by Gasteiger charge is 2.06. The summed E-state index contributed by atoms with van der Waals surface area (Å²) in [7, 11) is 1.76. The van der Waals surface area contributed by atoms with Crippen LogP contribution in [0.3, 0.4) is 0 Å². The first-order valence-electron chi connectivity index (χ1n) is 5.05. The van der Waals surface area contributed by atoms with Gasteiger partial charge in [-0.1, -0.05) is 13.8 Å². The molecule has 2 rings (SSSR count). The maximum Gasteiger partial charge on any atom is 0.252 e. The van der Waals surface area contributed by atoms with E-state index in [0.29, 0.717) is 5.92 Å². The molecule has 2 aromatic heterocycles. The zero-order valence-corrected chi connectivity index (χ0v) is 9.19. The molecule has 0 bridgehead atoms. The van der Waals surface area contributed by atoms with Gasteiger partial charge in [0.15, 0.2) is 0 Å². The smallest absolute Gasteiger partial charge is 0.252 e. The van der Waals surface area contributed by atoms with Crippen LogP contribution in [0.5, 0.6) is 0 Å². The molecule has 3 nitrogen and oxygen atoms in total. The van der Waals surface area contributed by atoms with Crippen LogP contribution in [0.25, 0.3) is 10.9 Å². The molecule has 0 atom stereocenters. The minimum atomic E-state index is -0.0177. The first-order valence-corrected chi connectivity index (χ1v) is 5.05. The average Bonchev–Trinajstić information content (AvgIpc) is 2.18. The molecule has 0 unspecified atom stereocenters.